The Bertz CT molecular complexity index is 1010. The van der Waals surface area contributed by atoms with Crippen LogP contribution in [0.15, 0.2) is 60.8 Å². The van der Waals surface area contributed by atoms with E-state index in [2.05, 4.69) is 54.5 Å². The van der Waals surface area contributed by atoms with E-state index in [-0.39, 0.29) is 5.92 Å². The summed E-state index contributed by atoms with van der Waals surface area (Å²) in [6.07, 6.45) is 2.08. The molecule has 0 radical (unpaired) electrons. The Balaban J connectivity index is 1.88. The quantitative estimate of drug-likeness (QED) is 0.593. The van der Waals surface area contributed by atoms with Crippen molar-refractivity contribution in [3.63, 3.8) is 0 Å². The van der Waals surface area contributed by atoms with Gasteiger partial charge in [-0.3, -0.25) is 0 Å². The number of nitrogens with zero attached hydrogens (tertiary/aromatic N) is 2. The molecule has 2 heterocycles. The average molecular weight is 330 g/mol. The highest BCUT2D eigenvalue weighted by atomic mass is 15.3. The number of aryl methyl sites for hydroxylation is 2. The number of benzene rings is 2. The van der Waals surface area contributed by atoms with Gasteiger partial charge in [-0.15, -0.1) is 0 Å². The van der Waals surface area contributed by atoms with Crippen molar-refractivity contribution in [1.82, 2.24) is 14.8 Å². The lowest BCUT2D eigenvalue weighted by molar-refractivity contribution is 0.721. The molecule has 0 aliphatic rings. The van der Waals surface area contributed by atoms with E-state index < -0.39 is 0 Å². The number of aromatic nitrogens is 3. The maximum absolute atomic E-state index is 6.23. The highest BCUT2D eigenvalue weighted by Crippen LogP contribution is 2.32. The number of fused-ring (bicyclic) bond motifs is 1. The molecule has 4 rings (SSSR count). The largest absolute Gasteiger partial charge is 0.361 e. The number of hydrogen-bond donors (Lipinski definition) is 2. The van der Waals surface area contributed by atoms with Gasteiger partial charge in [-0.25, -0.2) is 4.68 Å². The SMILES string of the molecule is Cc1ccc2[nH]cc(C(CN)c3cc(C)nn3-c3ccccc3)c2c1. The van der Waals surface area contributed by atoms with E-state index in [0.29, 0.717) is 6.54 Å². The molecule has 4 heteroatoms. The second-order valence-electron chi connectivity index (χ2n) is 6.54. The van der Waals surface area contributed by atoms with Crippen molar-refractivity contribution in [2.24, 2.45) is 5.73 Å². The molecule has 0 spiro atoms. The average Bonchev–Trinajstić information content (AvgIpc) is 3.21. The van der Waals surface area contributed by atoms with Crippen LogP contribution in [0.25, 0.3) is 16.6 Å². The van der Waals surface area contributed by atoms with Gasteiger partial charge in [-0.05, 0) is 49.7 Å². The topological polar surface area (TPSA) is 59.6 Å². The molecule has 0 amide bonds. The van der Waals surface area contributed by atoms with Crippen LogP contribution in [0.2, 0.25) is 0 Å². The Morgan fingerprint density at radius 2 is 1.88 bits per heavy atom. The fourth-order valence-electron chi connectivity index (χ4n) is 3.50. The summed E-state index contributed by atoms with van der Waals surface area (Å²) in [6, 6.07) is 18.8. The first-order valence-electron chi connectivity index (χ1n) is 8.57. The first-order chi connectivity index (χ1) is 12.2. The third-order valence-corrected chi connectivity index (χ3v) is 4.70. The maximum atomic E-state index is 6.23. The monoisotopic (exact) mass is 330 g/mol. The van der Waals surface area contributed by atoms with Crippen molar-refractivity contribution in [3.05, 3.63) is 83.3 Å². The molecular weight excluding hydrogens is 308 g/mol. The number of H-pyrrole nitrogens is 1. The summed E-state index contributed by atoms with van der Waals surface area (Å²) in [5.41, 5.74) is 13.0. The minimum Gasteiger partial charge on any atom is -0.361 e. The summed E-state index contributed by atoms with van der Waals surface area (Å²) in [5.74, 6) is 0.0805. The van der Waals surface area contributed by atoms with E-state index in [1.54, 1.807) is 0 Å². The number of aromatic amines is 1. The zero-order chi connectivity index (χ0) is 17.4. The molecule has 126 valence electrons. The first kappa shape index (κ1) is 15.7. The standard InChI is InChI=1S/C21H22N4/c1-14-8-9-20-17(10-14)19(13-23-20)18(12-22)21-11-15(2)24-25(21)16-6-4-3-5-7-16/h3-11,13,18,23H,12,22H2,1-2H3. The molecule has 4 nitrogen and oxygen atoms in total. The van der Waals surface area contributed by atoms with Gasteiger partial charge in [0, 0.05) is 29.6 Å². The number of para-hydroxylation sites is 1. The Kier molecular flexibility index (Phi) is 3.90. The van der Waals surface area contributed by atoms with Gasteiger partial charge in [0.15, 0.2) is 0 Å². The summed E-state index contributed by atoms with van der Waals surface area (Å²) in [6.45, 7) is 4.67. The van der Waals surface area contributed by atoms with Gasteiger partial charge in [0.2, 0.25) is 0 Å². The second-order valence-corrected chi connectivity index (χ2v) is 6.54. The van der Waals surface area contributed by atoms with Crippen LogP contribution in [0.1, 0.15) is 28.4 Å². The van der Waals surface area contributed by atoms with Crippen molar-refractivity contribution in [2.45, 2.75) is 19.8 Å². The molecular formula is C21H22N4. The fourth-order valence-corrected chi connectivity index (χ4v) is 3.50. The van der Waals surface area contributed by atoms with Gasteiger partial charge in [0.1, 0.15) is 0 Å². The Hall–Kier alpha value is -2.85. The molecule has 2 aromatic heterocycles. The summed E-state index contributed by atoms with van der Waals surface area (Å²) in [5, 5.41) is 5.94. The maximum Gasteiger partial charge on any atom is 0.0649 e. The highest BCUT2D eigenvalue weighted by Gasteiger charge is 2.22. The van der Waals surface area contributed by atoms with Crippen LogP contribution in [-0.2, 0) is 0 Å². The molecule has 2 aromatic carbocycles. The molecule has 1 unspecified atom stereocenters. The molecule has 25 heavy (non-hydrogen) atoms. The van der Waals surface area contributed by atoms with Gasteiger partial charge in [-0.1, -0.05) is 29.8 Å². The molecule has 0 aliphatic carbocycles. The number of nitrogens with two attached hydrogens (primary N) is 1. The van der Waals surface area contributed by atoms with Crippen molar-refractivity contribution in [1.29, 1.82) is 0 Å². The van der Waals surface area contributed by atoms with Crippen molar-refractivity contribution in [3.8, 4) is 5.69 Å². The molecule has 3 N–H and O–H groups in total. The van der Waals surface area contributed by atoms with E-state index in [9.17, 15) is 0 Å². The lowest BCUT2D eigenvalue weighted by Crippen LogP contribution is -2.17. The Morgan fingerprint density at radius 3 is 2.64 bits per heavy atom. The summed E-state index contributed by atoms with van der Waals surface area (Å²) in [4.78, 5) is 3.38. The van der Waals surface area contributed by atoms with Crippen molar-refractivity contribution in [2.75, 3.05) is 6.54 Å². The van der Waals surface area contributed by atoms with Gasteiger partial charge in [0.05, 0.1) is 17.1 Å². The van der Waals surface area contributed by atoms with E-state index in [0.717, 1.165) is 22.6 Å². The highest BCUT2D eigenvalue weighted by molar-refractivity contribution is 5.85. The third kappa shape index (κ3) is 2.75. The van der Waals surface area contributed by atoms with Crippen LogP contribution in [-0.4, -0.2) is 21.3 Å². The zero-order valence-electron chi connectivity index (χ0n) is 14.5. The number of rotatable bonds is 4. The molecule has 1 atom stereocenters. The van der Waals surface area contributed by atoms with E-state index in [4.69, 9.17) is 10.8 Å². The van der Waals surface area contributed by atoms with E-state index >= 15 is 0 Å². The second kappa shape index (κ2) is 6.22. The molecule has 0 saturated heterocycles. The summed E-state index contributed by atoms with van der Waals surface area (Å²) < 4.78 is 2.02. The first-order valence-corrected chi connectivity index (χ1v) is 8.57. The number of hydrogen-bond acceptors (Lipinski definition) is 2. The van der Waals surface area contributed by atoms with Crippen LogP contribution in [0, 0.1) is 13.8 Å². The minimum atomic E-state index is 0.0805. The van der Waals surface area contributed by atoms with Gasteiger partial charge >= 0.3 is 0 Å². The van der Waals surface area contributed by atoms with Crippen LogP contribution in [0.5, 0.6) is 0 Å². The number of nitrogens with one attached hydrogen (secondary N) is 1. The molecule has 0 aliphatic heterocycles. The lowest BCUT2D eigenvalue weighted by Gasteiger charge is -2.17. The van der Waals surface area contributed by atoms with Crippen molar-refractivity contribution < 1.29 is 0 Å². The third-order valence-electron chi connectivity index (χ3n) is 4.70. The van der Waals surface area contributed by atoms with Gasteiger partial charge in [-0.2, -0.15) is 5.10 Å². The molecule has 0 fully saturated rings. The molecule has 0 bridgehead atoms. The van der Waals surface area contributed by atoms with Gasteiger partial charge in [0.25, 0.3) is 0 Å². The molecule has 0 saturated carbocycles. The minimum absolute atomic E-state index is 0.0805. The zero-order valence-corrected chi connectivity index (χ0v) is 14.5. The van der Waals surface area contributed by atoms with E-state index in [1.165, 1.54) is 16.5 Å². The summed E-state index contributed by atoms with van der Waals surface area (Å²) in [7, 11) is 0. The van der Waals surface area contributed by atoms with Crippen LogP contribution in [0.4, 0.5) is 0 Å². The predicted molar refractivity (Wildman–Crippen MR) is 102 cm³/mol. The van der Waals surface area contributed by atoms with Crippen LogP contribution in [0.3, 0.4) is 0 Å². The Labute approximate surface area is 147 Å². The Morgan fingerprint density at radius 1 is 1.08 bits per heavy atom. The van der Waals surface area contributed by atoms with E-state index in [1.807, 2.05) is 29.8 Å². The van der Waals surface area contributed by atoms with Crippen molar-refractivity contribution >= 4 is 10.9 Å². The van der Waals surface area contributed by atoms with Crippen LogP contribution >= 0.6 is 0 Å². The van der Waals surface area contributed by atoms with Crippen LogP contribution < -0.4 is 5.73 Å². The predicted octanol–water partition coefficient (Wildman–Crippen LogP) is 4.06. The summed E-state index contributed by atoms with van der Waals surface area (Å²) >= 11 is 0. The normalized spacial score (nSPS) is 12.6. The van der Waals surface area contributed by atoms with Gasteiger partial charge < -0.3 is 10.7 Å². The smallest absolute Gasteiger partial charge is 0.0649 e. The molecule has 4 aromatic rings. The lowest BCUT2D eigenvalue weighted by atomic mass is 9.94. The fraction of sp³-hybridized carbons (Fsp3) is 0.190.